The first-order chi connectivity index (χ1) is 6.98. The van der Waals surface area contributed by atoms with Gasteiger partial charge in [-0.1, -0.05) is 48.5 Å². The Morgan fingerprint density at radius 2 is 2.00 bits per heavy atom. The van der Waals surface area contributed by atoms with E-state index < -0.39 is 0 Å². The molecule has 0 fully saturated rings. The van der Waals surface area contributed by atoms with Crippen LogP contribution in [-0.2, 0) is 5.41 Å². The Labute approximate surface area is 99.8 Å². The molecule has 0 N–H and O–H groups in total. The fourth-order valence-electron chi connectivity index (χ4n) is 2.53. The second kappa shape index (κ2) is 3.34. The van der Waals surface area contributed by atoms with Gasteiger partial charge in [0.25, 0.3) is 0 Å². The second-order valence-electron chi connectivity index (χ2n) is 4.56. The number of benzene rings is 1. The van der Waals surface area contributed by atoms with E-state index in [0.29, 0.717) is 0 Å². The average Bonchev–Trinajstić information content (AvgIpc) is 2.35. The van der Waals surface area contributed by atoms with Crippen LogP contribution in [0.4, 0.5) is 0 Å². The molecule has 0 unspecified atom stereocenters. The minimum atomic E-state index is 0.0882. The molecule has 0 heterocycles. The Kier molecular flexibility index (Phi) is 2.38. The molecule has 0 aliphatic heterocycles. The van der Waals surface area contributed by atoms with E-state index in [9.17, 15) is 0 Å². The summed E-state index contributed by atoms with van der Waals surface area (Å²) in [5.74, 6) is 0. The topological polar surface area (TPSA) is 0 Å². The summed E-state index contributed by atoms with van der Waals surface area (Å²) in [6, 6.07) is 6.51. The summed E-state index contributed by atoms with van der Waals surface area (Å²) >= 11 is 3.53. The highest BCUT2D eigenvalue weighted by molar-refractivity contribution is 9.10. The third kappa shape index (κ3) is 1.41. The van der Waals surface area contributed by atoms with E-state index in [0.717, 1.165) is 4.47 Å². The minimum absolute atomic E-state index is 0.0882. The van der Waals surface area contributed by atoms with E-state index >= 15 is 0 Å². The third-order valence-electron chi connectivity index (χ3n) is 3.34. The van der Waals surface area contributed by atoms with Gasteiger partial charge in [-0.05, 0) is 41.3 Å². The van der Waals surface area contributed by atoms with Gasteiger partial charge in [-0.3, -0.25) is 0 Å². The molecule has 0 saturated heterocycles. The highest BCUT2D eigenvalue weighted by atomic mass is 79.9. The van der Waals surface area contributed by atoms with Crippen LogP contribution in [0.5, 0.6) is 0 Å². The normalized spacial score (nSPS) is 17.9. The van der Waals surface area contributed by atoms with Crippen LogP contribution in [0.1, 0.15) is 31.9 Å². The summed E-state index contributed by atoms with van der Waals surface area (Å²) in [6.45, 7) is 10.6. The molecule has 0 spiro atoms. The number of hydrogen-bond acceptors (Lipinski definition) is 0. The molecule has 0 amide bonds. The van der Waals surface area contributed by atoms with Gasteiger partial charge in [-0.15, -0.1) is 0 Å². The van der Waals surface area contributed by atoms with Crippen LogP contribution in [0.2, 0.25) is 0 Å². The van der Waals surface area contributed by atoms with Crippen molar-refractivity contribution in [3.05, 3.63) is 52.0 Å². The Bertz CT molecular complexity index is 464. The van der Waals surface area contributed by atoms with E-state index in [4.69, 9.17) is 0 Å². The molecule has 0 saturated carbocycles. The van der Waals surface area contributed by atoms with Gasteiger partial charge >= 0.3 is 0 Å². The molecule has 0 aromatic heterocycles. The maximum absolute atomic E-state index is 3.92. The zero-order valence-electron chi connectivity index (χ0n) is 9.39. The second-order valence-corrected chi connectivity index (χ2v) is 5.47. The van der Waals surface area contributed by atoms with Gasteiger partial charge in [0, 0.05) is 9.89 Å². The molecule has 1 aromatic rings. The zero-order valence-corrected chi connectivity index (χ0v) is 11.0. The number of hydrogen-bond donors (Lipinski definition) is 0. The molecular formula is C14H15Br. The zero-order chi connectivity index (χ0) is 11.2. The third-order valence-corrected chi connectivity index (χ3v) is 3.83. The lowest BCUT2D eigenvalue weighted by Crippen LogP contribution is -2.15. The molecule has 0 radical (unpaired) electrons. The van der Waals surface area contributed by atoms with Gasteiger partial charge in [0.1, 0.15) is 0 Å². The molecule has 1 aliphatic rings. The summed E-state index contributed by atoms with van der Waals surface area (Å²) in [4.78, 5) is 0. The van der Waals surface area contributed by atoms with Gasteiger partial charge in [-0.25, -0.2) is 0 Å². The molecular weight excluding hydrogens is 248 g/mol. The van der Waals surface area contributed by atoms with Crippen molar-refractivity contribution < 1.29 is 0 Å². The molecule has 0 nitrogen and oxygen atoms in total. The Hall–Kier alpha value is -0.820. The van der Waals surface area contributed by atoms with E-state index in [1.807, 2.05) is 6.08 Å². The average molecular weight is 263 g/mol. The summed E-state index contributed by atoms with van der Waals surface area (Å²) in [5, 5.41) is 0. The first-order valence-corrected chi connectivity index (χ1v) is 5.92. The van der Waals surface area contributed by atoms with Crippen LogP contribution in [-0.4, -0.2) is 0 Å². The summed E-state index contributed by atoms with van der Waals surface area (Å²) in [5.41, 5.74) is 5.54. The summed E-state index contributed by atoms with van der Waals surface area (Å²) in [6.07, 6.45) is 1.99. The van der Waals surface area contributed by atoms with Gasteiger partial charge in [0.15, 0.2) is 0 Å². The van der Waals surface area contributed by atoms with Crippen molar-refractivity contribution in [2.75, 3.05) is 0 Å². The Morgan fingerprint density at radius 1 is 1.33 bits per heavy atom. The SMILES string of the molecule is C=CC1=C(C)c2ccc(Br)cc2C1(C)C. The fourth-order valence-corrected chi connectivity index (χ4v) is 2.89. The van der Waals surface area contributed by atoms with Crippen LogP contribution in [0, 0.1) is 0 Å². The lowest BCUT2D eigenvalue weighted by Gasteiger charge is -2.22. The minimum Gasteiger partial charge on any atom is -0.0987 e. The van der Waals surface area contributed by atoms with Crippen molar-refractivity contribution in [3.63, 3.8) is 0 Å². The molecule has 1 aromatic carbocycles. The van der Waals surface area contributed by atoms with Gasteiger partial charge in [0.2, 0.25) is 0 Å². The molecule has 0 bridgehead atoms. The Balaban J connectivity index is 2.74. The van der Waals surface area contributed by atoms with Crippen molar-refractivity contribution in [2.45, 2.75) is 26.2 Å². The van der Waals surface area contributed by atoms with Gasteiger partial charge in [-0.2, -0.15) is 0 Å². The first-order valence-electron chi connectivity index (χ1n) is 5.12. The van der Waals surface area contributed by atoms with E-state index in [1.54, 1.807) is 0 Å². The van der Waals surface area contributed by atoms with Crippen molar-refractivity contribution in [1.82, 2.24) is 0 Å². The van der Waals surface area contributed by atoms with Gasteiger partial charge < -0.3 is 0 Å². The Morgan fingerprint density at radius 3 is 2.60 bits per heavy atom. The number of rotatable bonds is 1. The monoisotopic (exact) mass is 262 g/mol. The standard InChI is InChI=1S/C14H15Br/c1-5-12-9(2)11-7-6-10(15)8-13(11)14(12,3)4/h5-8H,1H2,2-4H3. The first kappa shape index (κ1) is 10.7. The van der Waals surface area contributed by atoms with Crippen LogP contribution in [0.25, 0.3) is 5.57 Å². The van der Waals surface area contributed by atoms with Crippen LogP contribution < -0.4 is 0 Å². The van der Waals surface area contributed by atoms with Crippen LogP contribution in [0.3, 0.4) is 0 Å². The van der Waals surface area contributed by atoms with Gasteiger partial charge in [0.05, 0.1) is 0 Å². The quantitative estimate of drug-likeness (QED) is 0.689. The van der Waals surface area contributed by atoms with Crippen molar-refractivity contribution in [1.29, 1.82) is 0 Å². The number of halogens is 1. The maximum Gasteiger partial charge on any atom is 0.0178 e. The number of allylic oxidation sites excluding steroid dienone is 3. The van der Waals surface area contributed by atoms with Crippen molar-refractivity contribution in [2.24, 2.45) is 0 Å². The smallest absolute Gasteiger partial charge is 0.0178 e. The highest BCUT2D eigenvalue weighted by Crippen LogP contribution is 2.46. The molecule has 1 heteroatoms. The van der Waals surface area contributed by atoms with Crippen molar-refractivity contribution in [3.8, 4) is 0 Å². The summed E-state index contributed by atoms with van der Waals surface area (Å²) in [7, 11) is 0. The predicted molar refractivity (Wildman–Crippen MR) is 70.0 cm³/mol. The largest absolute Gasteiger partial charge is 0.0987 e. The lowest BCUT2D eigenvalue weighted by molar-refractivity contribution is 0.654. The fraction of sp³-hybridized carbons (Fsp3) is 0.286. The van der Waals surface area contributed by atoms with E-state index in [-0.39, 0.29) is 5.41 Å². The predicted octanol–water partition coefficient (Wildman–Crippen LogP) is 4.70. The van der Waals surface area contributed by atoms with Crippen LogP contribution >= 0.6 is 15.9 Å². The highest BCUT2D eigenvalue weighted by Gasteiger charge is 2.34. The van der Waals surface area contributed by atoms with Crippen molar-refractivity contribution >= 4 is 21.5 Å². The van der Waals surface area contributed by atoms with Crippen LogP contribution in [0.15, 0.2) is 40.9 Å². The molecule has 2 rings (SSSR count). The lowest BCUT2D eigenvalue weighted by atomic mass is 9.81. The van der Waals surface area contributed by atoms with E-state index in [2.05, 4.69) is 61.5 Å². The molecule has 1 aliphatic carbocycles. The number of fused-ring (bicyclic) bond motifs is 1. The van der Waals surface area contributed by atoms with E-state index in [1.165, 1.54) is 22.3 Å². The summed E-state index contributed by atoms with van der Waals surface area (Å²) < 4.78 is 1.15. The maximum atomic E-state index is 3.92. The molecule has 15 heavy (non-hydrogen) atoms. The molecule has 0 atom stereocenters. The molecule has 78 valence electrons.